The Morgan fingerprint density at radius 2 is 1.78 bits per heavy atom. The van der Waals surface area contributed by atoms with E-state index in [2.05, 4.69) is 15.2 Å². The molecule has 32 heavy (non-hydrogen) atoms. The standard InChI is InChI=1S/C21H16ClN3O6S/c1-11-12(2)24-31-21(11)25-32(28,29)15-6-4-14(5-7-15)23-20(27)19-10-17(26)16-9-13(22)3-8-18(16)30-19/h3-10,25H,1-2H3,(H,23,27). The van der Waals surface area contributed by atoms with Crippen molar-refractivity contribution < 1.29 is 22.2 Å². The highest BCUT2D eigenvalue weighted by Crippen LogP contribution is 2.23. The molecular weight excluding hydrogens is 458 g/mol. The fraction of sp³-hybridized carbons (Fsp3) is 0.0952. The highest BCUT2D eigenvalue weighted by Gasteiger charge is 2.19. The maximum absolute atomic E-state index is 12.6. The van der Waals surface area contributed by atoms with Crippen molar-refractivity contribution in [1.82, 2.24) is 5.16 Å². The summed E-state index contributed by atoms with van der Waals surface area (Å²) < 4.78 is 37.9. The number of amides is 1. The van der Waals surface area contributed by atoms with Crippen LogP contribution in [0, 0.1) is 13.8 Å². The van der Waals surface area contributed by atoms with E-state index in [0.29, 0.717) is 22.0 Å². The van der Waals surface area contributed by atoms with E-state index in [1.54, 1.807) is 19.9 Å². The van der Waals surface area contributed by atoms with Gasteiger partial charge in [-0.2, -0.15) is 0 Å². The second-order valence-corrected chi connectivity index (χ2v) is 9.04. The lowest BCUT2D eigenvalue weighted by molar-refractivity contribution is 0.0997. The van der Waals surface area contributed by atoms with Crippen molar-refractivity contribution in [2.75, 3.05) is 10.0 Å². The quantitative estimate of drug-likeness (QED) is 0.446. The molecule has 1 amide bonds. The molecule has 2 heterocycles. The van der Waals surface area contributed by atoms with Gasteiger partial charge in [-0.05, 0) is 56.3 Å². The van der Waals surface area contributed by atoms with Gasteiger partial charge in [-0.15, -0.1) is 0 Å². The lowest BCUT2D eigenvalue weighted by atomic mass is 10.2. The molecule has 164 valence electrons. The molecule has 11 heteroatoms. The second-order valence-electron chi connectivity index (χ2n) is 6.92. The van der Waals surface area contributed by atoms with Crippen LogP contribution in [0.15, 0.2) is 67.2 Å². The molecule has 0 fully saturated rings. The predicted molar refractivity (Wildman–Crippen MR) is 119 cm³/mol. The summed E-state index contributed by atoms with van der Waals surface area (Å²) in [5.74, 6) is -0.827. The zero-order valence-electron chi connectivity index (χ0n) is 16.8. The van der Waals surface area contributed by atoms with Gasteiger partial charge in [0.1, 0.15) is 5.58 Å². The van der Waals surface area contributed by atoms with Gasteiger partial charge in [0.15, 0.2) is 11.2 Å². The summed E-state index contributed by atoms with van der Waals surface area (Å²) in [7, 11) is -3.92. The van der Waals surface area contributed by atoms with Crippen molar-refractivity contribution in [2.24, 2.45) is 0 Å². The molecule has 2 N–H and O–H groups in total. The summed E-state index contributed by atoms with van der Waals surface area (Å²) in [4.78, 5) is 24.7. The van der Waals surface area contributed by atoms with Crippen LogP contribution in [-0.4, -0.2) is 19.5 Å². The molecular formula is C21H16ClN3O6S. The Bertz CT molecular complexity index is 1510. The van der Waals surface area contributed by atoms with Crippen LogP contribution >= 0.6 is 11.6 Å². The van der Waals surface area contributed by atoms with Crippen LogP contribution in [0.3, 0.4) is 0 Å². The van der Waals surface area contributed by atoms with E-state index in [-0.39, 0.29) is 27.5 Å². The van der Waals surface area contributed by atoms with Gasteiger partial charge in [0.2, 0.25) is 5.88 Å². The molecule has 0 radical (unpaired) electrons. The fourth-order valence-electron chi connectivity index (χ4n) is 2.84. The Hall–Kier alpha value is -3.63. The van der Waals surface area contributed by atoms with Gasteiger partial charge < -0.3 is 14.3 Å². The van der Waals surface area contributed by atoms with Gasteiger partial charge in [-0.25, -0.2) is 13.1 Å². The Kier molecular flexibility index (Phi) is 5.49. The molecule has 0 bridgehead atoms. The average molecular weight is 474 g/mol. The van der Waals surface area contributed by atoms with Gasteiger partial charge >= 0.3 is 0 Å². The van der Waals surface area contributed by atoms with Crippen LogP contribution in [0.25, 0.3) is 11.0 Å². The Morgan fingerprint density at radius 1 is 1.06 bits per heavy atom. The monoisotopic (exact) mass is 473 g/mol. The molecule has 0 spiro atoms. The predicted octanol–water partition coefficient (Wildman–Crippen LogP) is 4.10. The van der Waals surface area contributed by atoms with Crippen molar-refractivity contribution in [3.05, 3.63) is 80.8 Å². The minimum Gasteiger partial charge on any atom is -0.451 e. The first-order valence-electron chi connectivity index (χ1n) is 9.24. The molecule has 2 aromatic carbocycles. The van der Waals surface area contributed by atoms with E-state index in [1.807, 2.05) is 0 Å². The van der Waals surface area contributed by atoms with Crippen molar-refractivity contribution in [3.63, 3.8) is 0 Å². The summed E-state index contributed by atoms with van der Waals surface area (Å²) >= 11 is 5.88. The topological polar surface area (TPSA) is 132 Å². The van der Waals surface area contributed by atoms with Gasteiger partial charge in [-0.1, -0.05) is 16.8 Å². The largest absolute Gasteiger partial charge is 0.451 e. The number of hydrogen-bond donors (Lipinski definition) is 2. The Balaban J connectivity index is 1.53. The maximum Gasteiger partial charge on any atom is 0.291 e. The number of halogens is 1. The Morgan fingerprint density at radius 3 is 2.44 bits per heavy atom. The third-order valence-electron chi connectivity index (χ3n) is 4.72. The molecule has 0 unspecified atom stereocenters. The molecule has 2 aromatic heterocycles. The summed E-state index contributed by atoms with van der Waals surface area (Å²) in [6, 6.07) is 11.0. The number of aryl methyl sites for hydroxylation is 1. The number of carbonyl (C=O) groups is 1. The van der Waals surface area contributed by atoms with E-state index >= 15 is 0 Å². The SMILES string of the molecule is Cc1noc(NS(=O)(=O)c2ccc(NC(=O)c3cc(=O)c4cc(Cl)ccc4o3)cc2)c1C. The normalized spacial score (nSPS) is 11.5. The number of benzene rings is 2. The molecule has 0 aliphatic heterocycles. The zero-order chi connectivity index (χ0) is 23.0. The number of fused-ring (bicyclic) bond motifs is 1. The number of nitrogens with zero attached hydrogens (tertiary/aromatic N) is 1. The molecule has 0 saturated carbocycles. The number of nitrogens with one attached hydrogen (secondary N) is 2. The van der Waals surface area contributed by atoms with Crippen LogP contribution in [0.1, 0.15) is 21.8 Å². The highest BCUT2D eigenvalue weighted by molar-refractivity contribution is 7.92. The summed E-state index contributed by atoms with van der Waals surface area (Å²) in [6.45, 7) is 3.38. The van der Waals surface area contributed by atoms with Gasteiger partial charge in [0.25, 0.3) is 15.9 Å². The van der Waals surface area contributed by atoms with Gasteiger partial charge in [-0.3, -0.25) is 9.59 Å². The number of aromatic nitrogens is 1. The van der Waals surface area contributed by atoms with Gasteiger partial charge in [0, 0.05) is 22.3 Å². The molecule has 0 aliphatic carbocycles. The fourth-order valence-corrected chi connectivity index (χ4v) is 4.06. The molecule has 0 saturated heterocycles. The number of anilines is 2. The zero-order valence-corrected chi connectivity index (χ0v) is 18.4. The van der Waals surface area contributed by atoms with Crippen molar-refractivity contribution in [3.8, 4) is 0 Å². The van der Waals surface area contributed by atoms with Crippen molar-refractivity contribution in [1.29, 1.82) is 0 Å². The first-order chi connectivity index (χ1) is 15.1. The first kappa shape index (κ1) is 21.6. The third kappa shape index (κ3) is 4.23. The van der Waals surface area contributed by atoms with E-state index in [1.165, 1.54) is 36.4 Å². The van der Waals surface area contributed by atoms with Crippen molar-refractivity contribution >= 4 is 50.1 Å². The van der Waals surface area contributed by atoms with E-state index in [4.69, 9.17) is 20.5 Å². The molecule has 4 rings (SSSR count). The van der Waals surface area contributed by atoms with Crippen LogP contribution in [0.5, 0.6) is 0 Å². The van der Waals surface area contributed by atoms with Crippen LogP contribution in [0.4, 0.5) is 11.6 Å². The van der Waals surface area contributed by atoms with Crippen LogP contribution < -0.4 is 15.5 Å². The average Bonchev–Trinajstić information content (AvgIpc) is 3.06. The molecule has 0 atom stereocenters. The number of hydrogen-bond acceptors (Lipinski definition) is 7. The van der Waals surface area contributed by atoms with Gasteiger partial charge in [0.05, 0.1) is 16.0 Å². The lowest BCUT2D eigenvalue weighted by Gasteiger charge is -2.08. The van der Waals surface area contributed by atoms with Crippen LogP contribution in [-0.2, 0) is 10.0 Å². The lowest BCUT2D eigenvalue weighted by Crippen LogP contribution is -2.16. The summed E-state index contributed by atoms with van der Waals surface area (Å²) in [5.41, 5.74) is 1.27. The minimum atomic E-state index is -3.92. The first-order valence-corrected chi connectivity index (χ1v) is 11.1. The molecule has 9 nitrogen and oxygen atoms in total. The summed E-state index contributed by atoms with van der Waals surface area (Å²) in [6.07, 6.45) is 0. The van der Waals surface area contributed by atoms with E-state index in [0.717, 1.165) is 6.07 Å². The molecule has 4 aromatic rings. The maximum atomic E-state index is 12.6. The Labute approximate surface area is 187 Å². The minimum absolute atomic E-state index is 0.0347. The number of sulfonamides is 1. The van der Waals surface area contributed by atoms with E-state index < -0.39 is 21.4 Å². The van der Waals surface area contributed by atoms with Crippen LogP contribution in [0.2, 0.25) is 5.02 Å². The molecule has 0 aliphatic rings. The van der Waals surface area contributed by atoms with E-state index in [9.17, 15) is 18.0 Å². The number of rotatable bonds is 5. The summed E-state index contributed by atoms with van der Waals surface area (Å²) in [5, 5.41) is 6.91. The smallest absolute Gasteiger partial charge is 0.291 e. The number of carbonyl (C=O) groups excluding carboxylic acids is 1. The third-order valence-corrected chi connectivity index (χ3v) is 6.30. The highest BCUT2D eigenvalue weighted by atomic mass is 35.5. The van der Waals surface area contributed by atoms with Crippen molar-refractivity contribution in [2.45, 2.75) is 18.7 Å². The second kappa shape index (κ2) is 8.13.